The lowest BCUT2D eigenvalue weighted by Gasteiger charge is -2.19. The number of carbonyl (C=O) groups excluding carboxylic acids is 1. The Kier molecular flexibility index (Phi) is 6.42. The summed E-state index contributed by atoms with van der Waals surface area (Å²) in [5.41, 5.74) is 2.01. The molecule has 3 aromatic carbocycles. The molecule has 0 aliphatic heterocycles. The van der Waals surface area contributed by atoms with E-state index in [1.807, 2.05) is 44.2 Å². The molecular formula is C23H24N2O4S. The van der Waals surface area contributed by atoms with Gasteiger partial charge in [0.1, 0.15) is 5.75 Å². The summed E-state index contributed by atoms with van der Waals surface area (Å²) in [6.45, 7) is 3.81. The van der Waals surface area contributed by atoms with Gasteiger partial charge in [-0.3, -0.25) is 9.52 Å². The topological polar surface area (TPSA) is 95.5 Å². The fourth-order valence-corrected chi connectivity index (χ4v) is 4.15. The Bertz CT molecular complexity index is 1130. The van der Waals surface area contributed by atoms with E-state index < -0.39 is 15.9 Å². The van der Waals surface area contributed by atoms with Crippen molar-refractivity contribution in [2.75, 3.05) is 4.72 Å². The van der Waals surface area contributed by atoms with Crippen LogP contribution >= 0.6 is 0 Å². The van der Waals surface area contributed by atoms with Crippen LogP contribution in [0, 0.1) is 6.92 Å². The van der Waals surface area contributed by atoms with Gasteiger partial charge in [0.2, 0.25) is 0 Å². The molecule has 0 radical (unpaired) electrons. The summed E-state index contributed by atoms with van der Waals surface area (Å²) in [6.07, 6.45) is 0.652. The minimum Gasteiger partial charge on any atom is -0.508 e. The third-order valence-corrected chi connectivity index (χ3v) is 6.12. The summed E-state index contributed by atoms with van der Waals surface area (Å²) >= 11 is 0. The van der Waals surface area contributed by atoms with Gasteiger partial charge in [-0.15, -0.1) is 0 Å². The third kappa shape index (κ3) is 4.99. The number of anilines is 1. The van der Waals surface area contributed by atoms with Crippen LogP contribution in [0.1, 0.15) is 40.9 Å². The summed E-state index contributed by atoms with van der Waals surface area (Å²) in [7, 11) is -3.90. The van der Waals surface area contributed by atoms with E-state index in [1.54, 1.807) is 12.1 Å². The Hall–Kier alpha value is -3.32. The predicted octanol–water partition coefficient (Wildman–Crippen LogP) is 4.38. The largest absolute Gasteiger partial charge is 0.508 e. The fourth-order valence-electron chi connectivity index (χ4n) is 3.07. The maximum Gasteiger partial charge on any atom is 0.261 e. The summed E-state index contributed by atoms with van der Waals surface area (Å²) in [6, 6.07) is 19.6. The van der Waals surface area contributed by atoms with Gasteiger partial charge in [0, 0.05) is 0 Å². The van der Waals surface area contributed by atoms with Gasteiger partial charge < -0.3 is 10.4 Å². The van der Waals surface area contributed by atoms with Gasteiger partial charge in [-0.05, 0) is 49.2 Å². The van der Waals surface area contributed by atoms with E-state index >= 15 is 0 Å². The first-order valence-electron chi connectivity index (χ1n) is 9.58. The number of amides is 1. The quantitative estimate of drug-likeness (QED) is 0.491. The standard InChI is InChI=1S/C23H24N2O4S/c1-3-21(17-7-5-4-6-8-17)24-23(27)20-15-18(26)11-14-22(20)25-30(28,29)19-12-9-16(2)10-13-19/h4-15,21,25-26H,3H2,1-2H3,(H,24,27). The first kappa shape index (κ1) is 21.4. The molecular weight excluding hydrogens is 400 g/mol. The Balaban J connectivity index is 1.89. The zero-order chi connectivity index (χ0) is 21.7. The molecule has 3 rings (SSSR count). The zero-order valence-corrected chi connectivity index (χ0v) is 17.6. The smallest absolute Gasteiger partial charge is 0.261 e. The lowest BCUT2D eigenvalue weighted by molar-refractivity contribution is 0.0936. The number of nitrogens with one attached hydrogen (secondary N) is 2. The molecule has 0 fully saturated rings. The van der Waals surface area contributed by atoms with Crippen LogP contribution in [-0.2, 0) is 10.0 Å². The number of hydrogen-bond donors (Lipinski definition) is 3. The van der Waals surface area contributed by atoms with Gasteiger partial charge in [0.15, 0.2) is 0 Å². The second kappa shape index (κ2) is 9.00. The first-order chi connectivity index (χ1) is 14.3. The van der Waals surface area contributed by atoms with E-state index in [2.05, 4.69) is 10.0 Å². The van der Waals surface area contributed by atoms with Crippen molar-refractivity contribution >= 4 is 21.6 Å². The van der Waals surface area contributed by atoms with Crippen LogP contribution in [-0.4, -0.2) is 19.4 Å². The molecule has 3 aromatic rings. The molecule has 1 amide bonds. The molecule has 6 nitrogen and oxygen atoms in total. The van der Waals surface area contributed by atoms with Crippen LogP contribution in [0.2, 0.25) is 0 Å². The number of benzene rings is 3. The van der Waals surface area contributed by atoms with E-state index in [0.717, 1.165) is 11.1 Å². The first-order valence-corrected chi connectivity index (χ1v) is 11.1. The Morgan fingerprint density at radius 2 is 1.67 bits per heavy atom. The van der Waals surface area contributed by atoms with Crippen molar-refractivity contribution in [3.63, 3.8) is 0 Å². The average molecular weight is 425 g/mol. The molecule has 0 aliphatic rings. The van der Waals surface area contributed by atoms with Gasteiger partial charge in [-0.25, -0.2) is 8.42 Å². The van der Waals surface area contributed by atoms with Gasteiger partial charge in [-0.1, -0.05) is 55.0 Å². The SMILES string of the molecule is CCC(NC(=O)c1cc(O)ccc1NS(=O)(=O)c1ccc(C)cc1)c1ccccc1. The van der Waals surface area contributed by atoms with Crippen molar-refractivity contribution in [1.82, 2.24) is 5.32 Å². The number of phenolic OH excluding ortho intramolecular Hbond substituents is 1. The lowest BCUT2D eigenvalue weighted by atomic mass is 10.0. The van der Waals surface area contributed by atoms with Crippen molar-refractivity contribution in [3.8, 4) is 5.75 Å². The van der Waals surface area contributed by atoms with Gasteiger partial charge in [0.05, 0.1) is 22.2 Å². The van der Waals surface area contributed by atoms with E-state index in [9.17, 15) is 18.3 Å². The third-order valence-electron chi connectivity index (χ3n) is 4.74. The summed E-state index contributed by atoms with van der Waals surface area (Å²) < 4.78 is 28.0. The number of aromatic hydroxyl groups is 1. The maximum absolute atomic E-state index is 13.0. The number of aryl methyl sites for hydroxylation is 1. The van der Waals surface area contributed by atoms with Crippen LogP contribution in [0.15, 0.2) is 77.7 Å². The molecule has 0 saturated heterocycles. The molecule has 0 aromatic heterocycles. The van der Waals surface area contributed by atoms with Crippen molar-refractivity contribution in [1.29, 1.82) is 0 Å². The van der Waals surface area contributed by atoms with Crippen molar-refractivity contribution in [3.05, 3.63) is 89.5 Å². The summed E-state index contributed by atoms with van der Waals surface area (Å²) in [4.78, 5) is 13.1. The number of sulfonamides is 1. The highest BCUT2D eigenvalue weighted by Gasteiger charge is 2.21. The Labute approximate surface area is 176 Å². The maximum atomic E-state index is 13.0. The van der Waals surface area contributed by atoms with E-state index in [4.69, 9.17) is 0 Å². The monoisotopic (exact) mass is 424 g/mol. The molecule has 0 aliphatic carbocycles. The molecule has 1 atom stereocenters. The summed E-state index contributed by atoms with van der Waals surface area (Å²) in [5.74, 6) is -0.616. The second-order valence-corrected chi connectivity index (χ2v) is 8.68. The van der Waals surface area contributed by atoms with Crippen molar-refractivity contribution in [2.24, 2.45) is 0 Å². The molecule has 0 spiro atoms. The molecule has 30 heavy (non-hydrogen) atoms. The highest BCUT2D eigenvalue weighted by atomic mass is 32.2. The Morgan fingerprint density at radius 3 is 2.30 bits per heavy atom. The van der Waals surface area contributed by atoms with E-state index in [-0.39, 0.29) is 27.9 Å². The predicted molar refractivity (Wildman–Crippen MR) is 117 cm³/mol. The van der Waals surface area contributed by atoms with Gasteiger partial charge in [-0.2, -0.15) is 0 Å². The van der Waals surface area contributed by atoms with E-state index in [0.29, 0.717) is 6.42 Å². The number of hydrogen-bond acceptors (Lipinski definition) is 4. The summed E-state index contributed by atoms with van der Waals surface area (Å²) in [5, 5.41) is 12.8. The molecule has 0 bridgehead atoms. The minimum atomic E-state index is -3.90. The molecule has 0 heterocycles. The van der Waals surface area contributed by atoms with Crippen LogP contribution in [0.3, 0.4) is 0 Å². The van der Waals surface area contributed by atoms with Crippen LogP contribution in [0.25, 0.3) is 0 Å². The van der Waals surface area contributed by atoms with E-state index in [1.165, 1.54) is 30.3 Å². The van der Waals surface area contributed by atoms with Crippen LogP contribution < -0.4 is 10.0 Å². The molecule has 7 heteroatoms. The average Bonchev–Trinajstić information content (AvgIpc) is 2.74. The minimum absolute atomic E-state index is 0.0417. The highest BCUT2D eigenvalue weighted by Crippen LogP contribution is 2.26. The van der Waals surface area contributed by atoms with Crippen LogP contribution in [0.5, 0.6) is 5.75 Å². The Morgan fingerprint density at radius 1 is 1.00 bits per heavy atom. The molecule has 3 N–H and O–H groups in total. The van der Waals surface area contributed by atoms with Gasteiger partial charge in [0.25, 0.3) is 15.9 Å². The van der Waals surface area contributed by atoms with Crippen molar-refractivity contribution < 1.29 is 18.3 Å². The molecule has 1 unspecified atom stereocenters. The van der Waals surface area contributed by atoms with Gasteiger partial charge >= 0.3 is 0 Å². The fraction of sp³-hybridized carbons (Fsp3) is 0.174. The molecule has 0 saturated carbocycles. The second-order valence-electron chi connectivity index (χ2n) is 6.99. The lowest BCUT2D eigenvalue weighted by Crippen LogP contribution is -2.29. The number of phenols is 1. The molecule has 156 valence electrons. The zero-order valence-electron chi connectivity index (χ0n) is 16.8. The highest BCUT2D eigenvalue weighted by molar-refractivity contribution is 7.92. The number of carbonyl (C=O) groups is 1. The van der Waals surface area contributed by atoms with Crippen molar-refractivity contribution in [2.45, 2.75) is 31.2 Å². The normalized spacial score (nSPS) is 12.2. The number of rotatable bonds is 7. The van der Waals surface area contributed by atoms with Crippen LogP contribution in [0.4, 0.5) is 5.69 Å².